The average Bonchev–Trinajstić information content (AvgIpc) is 2.83. The van der Waals surface area contributed by atoms with Gasteiger partial charge < -0.3 is 9.47 Å². The minimum atomic E-state index is -3.88. The summed E-state index contributed by atoms with van der Waals surface area (Å²) in [6.07, 6.45) is 0.233. The van der Waals surface area contributed by atoms with Crippen LogP contribution >= 0.6 is 0 Å². The molecule has 0 aromatic heterocycles. The van der Waals surface area contributed by atoms with Crippen molar-refractivity contribution in [3.63, 3.8) is 0 Å². The number of nitrogens with zero attached hydrogens (tertiary/aromatic N) is 1. The largest absolute Gasteiger partial charge is 0.469 e. The number of hydrogen-bond acceptors (Lipinski definition) is 8. The second-order valence-corrected chi connectivity index (χ2v) is 9.73. The highest BCUT2D eigenvalue weighted by Gasteiger charge is 2.43. The Balaban J connectivity index is 0.00000129. The van der Waals surface area contributed by atoms with E-state index < -0.39 is 39.7 Å². The first-order valence-corrected chi connectivity index (χ1v) is 11.9. The van der Waals surface area contributed by atoms with Crippen molar-refractivity contribution in [3.8, 4) is 0 Å². The fraction of sp³-hybridized carbons (Fsp3) is 0.375. The van der Waals surface area contributed by atoms with Crippen LogP contribution in [0.2, 0.25) is 0 Å². The SMILES string of the molecule is COC(=O)CC1CN(S(=O)(=O)c2ccc(C)cc2)c2ccccc2C1C(C)C(=O)OC.O=C=O. The van der Waals surface area contributed by atoms with Gasteiger partial charge >= 0.3 is 18.1 Å². The quantitative estimate of drug-likeness (QED) is 0.567. The third kappa shape index (κ3) is 5.70. The van der Waals surface area contributed by atoms with E-state index in [1.54, 1.807) is 55.5 Å². The molecule has 0 radical (unpaired) electrons. The number of benzene rings is 2. The summed E-state index contributed by atoms with van der Waals surface area (Å²) >= 11 is 0. The molecule has 0 saturated carbocycles. The van der Waals surface area contributed by atoms with E-state index in [9.17, 15) is 18.0 Å². The monoisotopic (exact) mass is 489 g/mol. The third-order valence-corrected chi connectivity index (χ3v) is 7.64. The summed E-state index contributed by atoms with van der Waals surface area (Å²) < 4.78 is 38.2. The Morgan fingerprint density at radius 1 is 1.06 bits per heavy atom. The zero-order valence-corrected chi connectivity index (χ0v) is 20.2. The fourth-order valence-electron chi connectivity index (χ4n) is 4.24. The number of ether oxygens (including phenoxy) is 2. The maximum Gasteiger partial charge on any atom is 0.373 e. The zero-order valence-electron chi connectivity index (χ0n) is 19.4. The molecule has 9 nitrogen and oxygen atoms in total. The van der Waals surface area contributed by atoms with Crippen molar-refractivity contribution >= 4 is 33.8 Å². The Morgan fingerprint density at radius 2 is 1.65 bits per heavy atom. The predicted octanol–water partition coefficient (Wildman–Crippen LogP) is 2.69. The van der Waals surface area contributed by atoms with Crippen molar-refractivity contribution in [1.82, 2.24) is 0 Å². The van der Waals surface area contributed by atoms with E-state index in [0.29, 0.717) is 11.3 Å². The number of fused-ring (bicyclic) bond motifs is 1. The molecular weight excluding hydrogens is 462 g/mol. The number of methoxy groups -OCH3 is 2. The number of esters is 2. The van der Waals surface area contributed by atoms with Crippen molar-refractivity contribution in [2.24, 2.45) is 11.8 Å². The number of hydrogen-bond donors (Lipinski definition) is 0. The van der Waals surface area contributed by atoms with E-state index >= 15 is 0 Å². The Kier molecular flexibility index (Phi) is 9.11. The van der Waals surface area contributed by atoms with Crippen LogP contribution in [-0.4, -0.2) is 47.3 Å². The lowest BCUT2D eigenvalue weighted by Crippen LogP contribution is -2.45. The summed E-state index contributed by atoms with van der Waals surface area (Å²) in [6, 6.07) is 13.7. The van der Waals surface area contributed by atoms with E-state index in [1.807, 2.05) is 6.92 Å². The van der Waals surface area contributed by atoms with Crippen LogP contribution in [0.25, 0.3) is 0 Å². The Morgan fingerprint density at radius 3 is 2.21 bits per heavy atom. The molecular formula is C24H27NO8S. The van der Waals surface area contributed by atoms with Gasteiger partial charge in [0.1, 0.15) is 0 Å². The molecule has 0 aliphatic carbocycles. The molecule has 1 aliphatic rings. The fourth-order valence-corrected chi connectivity index (χ4v) is 5.79. The van der Waals surface area contributed by atoms with Gasteiger partial charge in [-0.1, -0.05) is 42.8 Å². The van der Waals surface area contributed by atoms with Crippen LogP contribution in [-0.2, 0) is 38.7 Å². The number of anilines is 1. The predicted molar refractivity (Wildman–Crippen MR) is 121 cm³/mol. The van der Waals surface area contributed by atoms with Gasteiger partial charge in [-0.2, -0.15) is 9.59 Å². The lowest BCUT2D eigenvalue weighted by molar-refractivity contribution is -0.191. The molecule has 0 bridgehead atoms. The van der Waals surface area contributed by atoms with Crippen LogP contribution in [0.1, 0.15) is 30.4 Å². The van der Waals surface area contributed by atoms with Crippen molar-refractivity contribution in [1.29, 1.82) is 0 Å². The molecule has 2 aromatic carbocycles. The first-order valence-electron chi connectivity index (χ1n) is 10.4. The molecule has 1 aliphatic heterocycles. The highest BCUT2D eigenvalue weighted by Crippen LogP contribution is 2.46. The Hall–Kier alpha value is -3.49. The summed E-state index contributed by atoms with van der Waals surface area (Å²) in [6.45, 7) is 3.67. The molecule has 1 heterocycles. The second-order valence-electron chi connectivity index (χ2n) is 7.87. The summed E-state index contributed by atoms with van der Waals surface area (Å²) in [7, 11) is -1.27. The van der Waals surface area contributed by atoms with E-state index in [1.165, 1.54) is 18.5 Å². The van der Waals surface area contributed by atoms with E-state index in [2.05, 4.69) is 0 Å². The van der Waals surface area contributed by atoms with Crippen molar-refractivity contribution in [2.45, 2.75) is 31.1 Å². The van der Waals surface area contributed by atoms with Gasteiger partial charge in [0.2, 0.25) is 0 Å². The molecule has 10 heteroatoms. The maximum atomic E-state index is 13.5. The number of aryl methyl sites for hydroxylation is 1. The van der Waals surface area contributed by atoms with Crippen molar-refractivity contribution in [2.75, 3.05) is 25.1 Å². The average molecular weight is 490 g/mol. The highest BCUT2D eigenvalue weighted by molar-refractivity contribution is 7.92. The van der Waals surface area contributed by atoms with Crippen molar-refractivity contribution in [3.05, 3.63) is 59.7 Å². The molecule has 182 valence electrons. The minimum absolute atomic E-state index is 0.0171. The molecule has 2 aromatic rings. The zero-order chi connectivity index (χ0) is 25.5. The second kappa shape index (κ2) is 11.6. The lowest BCUT2D eigenvalue weighted by Gasteiger charge is -2.41. The van der Waals surface area contributed by atoms with E-state index in [-0.39, 0.29) is 24.0 Å². The molecule has 3 rings (SSSR count). The first-order chi connectivity index (χ1) is 16.1. The van der Waals surface area contributed by atoms with Gasteiger partial charge in [-0.15, -0.1) is 0 Å². The summed E-state index contributed by atoms with van der Waals surface area (Å²) in [5.41, 5.74) is 2.15. The topological polar surface area (TPSA) is 124 Å². The van der Waals surface area contributed by atoms with Crippen LogP contribution < -0.4 is 4.31 Å². The summed E-state index contributed by atoms with van der Waals surface area (Å²) in [5.74, 6) is -2.29. The molecule has 0 N–H and O–H groups in total. The van der Waals surface area contributed by atoms with Gasteiger partial charge in [-0.05, 0) is 36.6 Å². The van der Waals surface area contributed by atoms with Crippen LogP contribution in [0, 0.1) is 18.8 Å². The number of carbonyl (C=O) groups is 2. The van der Waals surface area contributed by atoms with Crippen LogP contribution in [0.4, 0.5) is 5.69 Å². The molecule has 3 unspecified atom stereocenters. The van der Waals surface area contributed by atoms with Gasteiger partial charge in [0, 0.05) is 12.5 Å². The number of rotatable bonds is 6. The van der Waals surface area contributed by atoms with Crippen LogP contribution in [0.15, 0.2) is 53.4 Å². The van der Waals surface area contributed by atoms with E-state index in [0.717, 1.165) is 5.56 Å². The van der Waals surface area contributed by atoms with Crippen LogP contribution in [0.3, 0.4) is 0 Å². The van der Waals surface area contributed by atoms with Gasteiger partial charge in [-0.3, -0.25) is 13.9 Å². The van der Waals surface area contributed by atoms with Gasteiger partial charge in [0.15, 0.2) is 0 Å². The third-order valence-electron chi connectivity index (χ3n) is 5.85. The van der Waals surface area contributed by atoms with Gasteiger partial charge in [0.25, 0.3) is 10.0 Å². The smallest absolute Gasteiger partial charge is 0.373 e. The molecule has 0 spiro atoms. The lowest BCUT2D eigenvalue weighted by atomic mass is 9.73. The standard InChI is InChI=1S/C23H27NO6S.CO2/c1-15-9-11-18(12-10-15)31(27,28)24-14-17(13-21(25)29-3)22(16(2)23(26)30-4)19-7-5-6-8-20(19)24;2-1-3/h5-12,16-17,22H,13-14H2,1-4H3;. The number of para-hydroxylation sites is 1. The van der Waals surface area contributed by atoms with Crippen LogP contribution in [0.5, 0.6) is 0 Å². The first kappa shape index (κ1) is 26.8. The molecule has 3 atom stereocenters. The molecule has 34 heavy (non-hydrogen) atoms. The minimum Gasteiger partial charge on any atom is -0.469 e. The van der Waals surface area contributed by atoms with Crippen molar-refractivity contribution < 1.29 is 37.1 Å². The number of carbonyl (C=O) groups excluding carboxylic acids is 4. The van der Waals surface area contributed by atoms with Gasteiger partial charge in [0.05, 0.1) is 37.1 Å². The Bertz CT molecular complexity index is 1150. The highest BCUT2D eigenvalue weighted by atomic mass is 32.2. The summed E-state index contributed by atoms with van der Waals surface area (Å²) in [5, 5.41) is 0. The van der Waals surface area contributed by atoms with Gasteiger partial charge in [-0.25, -0.2) is 8.42 Å². The number of sulfonamides is 1. The normalized spacial score (nSPS) is 17.8. The maximum absolute atomic E-state index is 13.5. The Labute approximate surface area is 198 Å². The summed E-state index contributed by atoms with van der Waals surface area (Å²) in [4.78, 5) is 41.0. The van der Waals surface area contributed by atoms with E-state index in [4.69, 9.17) is 19.1 Å². The molecule has 0 fully saturated rings. The molecule has 0 saturated heterocycles. The molecule has 0 amide bonds.